The Morgan fingerprint density at radius 1 is 1.23 bits per heavy atom. The van der Waals surface area contributed by atoms with E-state index in [4.69, 9.17) is 4.74 Å². The van der Waals surface area contributed by atoms with Crippen molar-refractivity contribution in [2.24, 2.45) is 0 Å². The van der Waals surface area contributed by atoms with Crippen molar-refractivity contribution in [3.63, 3.8) is 0 Å². The van der Waals surface area contributed by atoms with Gasteiger partial charge in [0.05, 0.1) is 13.2 Å². The first-order valence-corrected chi connectivity index (χ1v) is 3.89. The van der Waals surface area contributed by atoms with Crippen LogP contribution in [0.4, 0.5) is 0 Å². The van der Waals surface area contributed by atoms with Gasteiger partial charge in [0.15, 0.2) is 11.5 Å². The number of ether oxygens (including phenoxy) is 1. The third-order valence-corrected chi connectivity index (χ3v) is 2.11. The summed E-state index contributed by atoms with van der Waals surface area (Å²) in [4.78, 5) is 0. The third kappa shape index (κ3) is 1.71. The molecule has 0 spiro atoms. The molecule has 72 valence electrons. The second-order valence-corrected chi connectivity index (χ2v) is 2.87. The Balaban J connectivity index is 0.000000845. The van der Waals surface area contributed by atoms with Gasteiger partial charge in [-0.3, -0.25) is 0 Å². The fourth-order valence-corrected chi connectivity index (χ4v) is 1.44. The molecule has 1 heterocycles. The lowest BCUT2D eigenvalue weighted by molar-refractivity contribution is 0.109. The fraction of sp³-hybridized carbons (Fsp3) is 0.333. The van der Waals surface area contributed by atoms with Crippen molar-refractivity contribution in [3.8, 4) is 11.5 Å². The normalized spacial score (nSPS) is 14.5. The predicted octanol–water partition coefficient (Wildman–Crippen LogP) is 1.59. The van der Waals surface area contributed by atoms with Crippen LogP contribution < -0.4 is 0 Å². The van der Waals surface area contributed by atoms with E-state index in [-0.39, 0.29) is 23.9 Å². The highest BCUT2D eigenvalue weighted by atomic mass is 35.5. The van der Waals surface area contributed by atoms with Gasteiger partial charge in [0.2, 0.25) is 0 Å². The summed E-state index contributed by atoms with van der Waals surface area (Å²) >= 11 is 0. The number of rotatable bonds is 0. The van der Waals surface area contributed by atoms with Crippen molar-refractivity contribution in [2.45, 2.75) is 13.0 Å². The van der Waals surface area contributed by atoms with Crippen molar-refractivity contribution in [1.82, 2.24) is 0 Å². The van der Waals surface area contributed by atoms with Gasteiger partial charge in [0.25, 0.3) is 0 Å². The van der Waals surface area contributed by atoms with Crippen LogP contribution in [-0.2, 0) is 17.8 Å². The van der Waals surface area contributed by atoms with Gasteiger partial charge in [-0.25, -0.2) is 0 Å². The van der Waals surface area contributed by atoms with Crippen LogP contribution in [-0.4, -0.2) is 16.8 Å². The highest BCUT2D eigenvalue weighted by molar-refractivity contribution is 5.85. The lowest BCUT2D eigenvalue weighted by Crippen LogP contribution is -2.09. The number of phenolic OH excluding ortho intramolecular Hbond substituents is 2. The first kappa shape index (κ1) is 10.2. The average Bonchev–Trinajstić information content (AvgIpc) is 2.12. The Morgan fingerprint density at radius 3 is 2.77 bits per heavy atom. The number of fused-ring (bicyclic) bond motifs is 1. The molecule has 0 saturated heterocycles. The van der Waals surface area contributed by atoms with Gasteiger partial charge in [-0.1, -0.05) is 6.07 Å². The highest BCUT2D eigenvalue weighted by Gasteiger charge is 2.15. The second kappa shape index (κ2) is 3.85. The molecule has 0 aliphatic carbocycles. The second-order valence-electron chi connectivity index (χ2n) is 2.87. The molecule has 1 aliphatic heterocycles. The number of phenols is 2. The van der Waals surface area contributed by atoms with E-state index in [1.807, 2.05) is 0 Å². The zero-order valence-corrected chi connectivity index (χ0v) is 7.80. The first-order chi connectivity index (χ1) is 5.79. The third-order valence-electron chi connectivity index (χ3n) is 2.11. The monoisotopic (exact) mass is 202 g/mol. The van der Waals surface area contributed by atoms with E-state index in [2.05, 4.69) is 0 Å². The lowest BCUT2D eigenvalue weighted by Gasteiger charge is -2.17. The molecular formula is C9H11ClO3. The number of benzene rings is 1. The number of aromatic hydroxyl groups is 2. The Labute approximate surface area is 82.4 Å². The van der Waals surface area contributed by atoms with Crippen LogP contribution in [0.5, 0.6) is 11.5 Å². The van der Waals surface area contributed by atoms with Gasteiger partial charge < -0.3 is 14.9 Å². The van der Waals surface area contributed by atoms with Crippen LogP contribution in [0, 0.1) is 0 Å². The zero-order valence-electron chi connectivity index (χ0n) is 6.99. The maximum Gasteiger partial charge on any atom is 0.161 e. The molecule has 4 heteroatoms. The molecule has 1 aliphatic rings. The molecule has 1 aromatic carbocycles. The summed E-state index contributed by atoms with van der Waals surface area (Å²) in [5.41, 5.74) is 1.79. The van der Waals surface area contributed by atoms with E-state index in [0.29, 0.717) is 19.6 Å². The maximum absolute atomic E-state index is 9.44. The summed E-state index contributed by atoms with van der Waals surface area (Å²) in [5, 5.41) is 18.6. The minimum Gasteiger partial charge on any atom is -0.504 e. The Morgan fingerprint density at radius 2 is 2.00 bits per heavy atom. The highest BCUT2D eigenvalue weighted by Crippen LogP contribution is 2.33. The molecule has 0 fully saturated rings. The molecule has 0 radical (unpaired) electrons. The van der Waals surface area contributed by atoms with Crippen molar-refractivity contribution < 1.29 is 14.9 Å². The van der Waals surface area contributed by atoms with Gasteiger partial charge >= 0.3 is 0 Å². The van der Waals surface area contributed by atoms with E-state index in [9.17, 15) is 10.2 Å². The Bertz CT molecular complexity index is 312. The van der Waals surface area contributed by atoms with Crippen LogP contribution in [0.2, 0.25) is 0 Å². The van der Waals surface area contributed by atoms with Gasteiger partial charge in [0.1, 0.15) is 0 Å². The summed E-state index contributed by atoms with van der Waals surface area (Å²) < 4.78 is 5.20. The molecule has 2 N–H and O–H groups in total. The molecule has 0 amide bonds. The summed E-state index contributed by atoms with van der Waals surface area (Å²) in [6.07, 6.45) is 0.676. The van der Waals surface area contributed by atoms with Crippen LogP contribution in [0.25, 0.3) is 0 Å². The summed E-state index contributed by atoms with van der Waals surface area (Å²) in [7, 11) is 0. The van der Waals surface area contributed by atoms with Gasteiger partial charge in [-0.15, -0.1) is 12.4 Å². The van der Waals surface area contributed by atoms with Crippen LogP contribution in [0.15, 0.2) is 12.1 Å². The standard InChI is InChI=1S/C9H10O3.ClH/c10-8-2-1-6-5-12-4-3-7(6)9(8)11;/h1-2,10-11H,3-5H2;1H. The fourth-order valence-electron chi connectivity index (χ4n) is 1.44. The predicted molar refractivity (Wildman–Crippen MR) is 50.4 cm³/mol. The molecule has 0 atom stereocenters. The molecule has 0 bridgehead atoms. The quantitative estimate of drug-likeness (QED) is 0.629. The average molecular weight is 203 g/mol. The van der Waals surface area contributed by atoms with Crippen molar-refractivity contribution in [2.75, 3.05) is 6.61 Å². The molecular weight excluding hydrogens is 192 g/mol. The molecule has 0 aromatic heterocycles. The molecule has 0 unspecified atom stereocenters. The SMILES string of the molecule is Cl.Oc1ccc2c(c1O)CCOC2. The largest absolute Gasteiger partial charge is 0.504 e. The molecule has 3 nitrogen and oxygen atoms in total. The van der Waals surface area contributed by atoms with Crippen molar-refractivity contribution >= 4 is 12.4 Å². The topological polar surface area (TPSA) is 49.7 Å². The maximum atomic E-state index is 9.44. The minimum absolute atomic E-state index is 0. The molecule has 13 heavy (non-hydrogen) atoms. The van der Waals surface area contributed by atoms with Crippen molar-refractivity contribution in [1.29, 1.82) is 0 Å². The van der Waals surface area contributed by atoms with E-state index in [0.717, 1.165) is 11.1 Å². The zero-order chi connectivity index (χ0) is 8.55. The van der Waals surface area contributed by atoms with Crippen LogP contribution in [0.3, 0.4) is 0 Å². The molecule has 1 aromatic rings. The van der Waals surface area contributed by atoms with E-state index < -0.39 is 0 Å². The summed E-state index contributed by atoms with van der Waals surface area (Å²) in [6.45, 7) is 1.15. The van der Waals surface area contributed by atoms with E-state index in [1.165, 1.54) is 6.07 Å². The Kier molecular flexibility index (Phi) is 3.01. The van der Waals surface area contributed by atoms with Crippen molar-refractivity contribution in [3.05, 3.63) is 23.3 Å². The number of hydrogen-bond donors (Lipinski definition) is 2. The molecule has 0 saturated carbocycles. The smallest absolute Gasteiger partial charge is 0.161 e. The van der Waals surface area contributed by atoms with Crippen LogP contribution >= 0.6 is 12.4 Å². The van der Waals surface area contributed by atoms with Gasteiger partial charge in [-0.05, 0) is 18.1 Å². The number of hydrogen-bond acceptors (Lipinski definition) is 3. The number of halogens is 1. The molecule has 2 rings (SSSR count). The van der Waals surface area contributed by atoms with Gasteiger partial charge in [0, 0.05) is 5.56 Å². The summed E-state index contributed by atoms with van der Waals surface area (Å²) in [6, 6.07) is 3.27. The summed E-state index contributed by atoms with van der Waals surface area (Å²) in [5.74, 6) is -0.0357. The van der Waals surface area contributed by atoms with E-state index >= 15 is 0 Å². The first-order valence-electron chi connectivity index (χ1n) is 3.89. The van der Waals surface area contributed by atoms with E-state index in [1.54, 1.807) is 6.07 Å². The van der Waals surface area contributed by atoms with Gasteiger partial charge in [-0.2, -0.15) is 0 Å². The Hall–Kier alpha value is -0.930. The minimum atomic E-state index is -0.0457. The lowest BCUT2D eigenvalue weighted by atomic mass is 10.0. The van der Waals surface area contributed by atoms with Crippen LogP contribution in [0.1, 0.15) is 11.1 Å².